The summed E-state index contributed by atoms with van der Waals surface area (Å²) in [5.74, 6) is 0.499. The maximum atomic E-state index is 13.9. The summed E-state index contributed by atoms with van der Waals surface area (Å²) in [6.45, 7) is 6.39. The summed E-state index contributed by atoms with van der Waals surface area (Å²) in [7, 11) is 0. The zero-order valence-corrected chi connectivity index (χ0v) is 13.6. The Morgan fingerprint density at radius 3 is 2.78 bits per heavy atom. The average Bonchev–Trinajstić information content (AvgIpc) is 2.99. The van der Waals surface area contributed by atoms with Gasteiger partial charge < -0.3 is 15.5 Å². The van der Waals surface area contributed by atoms with E-state index in [-0.39, 0.29) is 6.04 Å². The molecule has 126 valence electrons. The van der Waals surface area contributed by atoms with E-state index in [1.165, 1.54) is 18.6 Å². The van der Waals surface area contributed by atoms with E-state index in [0.29, 0.717) is 24.2 Å². The first-order valence-corrected chi connectivity index (χ1v) is 8.34. The predicted octanol–water partition coefficient (Wildman–Crippen LogP) is 2.51. The van der Waals surface area contributed by atoms with Crippen LogP contribution in [0.3, 0.4) is 0 Å². The first-order valence-electron chi connectivity index (χ1n) is 8.34. The van der Waals surface area contributed by atoms with Gasteiger partial charge in [-0.05, 0) is 37.8 Å². The van der Waals surface area contributed by atoms with Crippen LogP contribution in [0.1, 0.15) is 26.7 Å². The summed E-state index contributed by atoms with van der Waals surface area (Å²) in [5.41, 5.74) is 0.466. The fraction of sp³-hybridized carbons (Fsp3) is 0.588. The number of hydrogen-bond acceptors (Lipinski definition) is 2. The molecule has 3 rings (SSSR count). The molecule has 0 radical (unpaired) electrons. The van der Waals surface area contributed by atoms with Crippen LogP contribution in [0, 0.1) is 17.6 Å². The van der Waals surface area contributed by atoms with Crippen molar-refractivity contribution in [3.63, 3.8) is 0 Å². The van der Waals surface area contributed by atoms with Crippen molar-refractivity contribution < 1.29 is 8.78 Å². The lowest BCUT2D eigenvalue weighted by Gasteiger charge is -2.21. The van der Waals surface area contributed by atoms with E-state index in [4.69, 9.17) is 0 Å². The number of benzene rings is 1. The minimum atomic E-state index is -0.541. The van der Waals surface area contributed by atoms with Crippen LogP contribution in [0.5, 0.6) is 0 Å². The molecule has 2 aliphatic rings. The molecule has 0 spiro atoms. The number of hydrogen-bond donors (Lipinski definition) is 2. The lowest BCUT2D eigenvalue weighted by molar-refractivity contribution is 0.580. The van der Waals surface area contributed by atoms with Crippen LogP contribution in [0.25, 0.3) is 0 Å². The zero-order chi connectivity index (χ0) is 16.4. The summed E-state index contributed by atoms with van der Waals surface area (Å²) in [6, 6.07) is 4.49. The first kappa shape index (κ1) is 16.0. The minimum Gasteiger partial charge on any atom is -0.367 e. The van der Waals surface area contributed by atoms with Crippen molar-refractivity contribution in [1.29, 1.82) is 0 Å². The smallest absolute Gasteiger partial charge is 0.191 e. The molecule has 1 aliphatic heterocycles. The Bertz CT molecular complexity index is 590. The van der Waals surface area contributed by atoms with E-state index in [2.05, 4.69) is 22.5 Å². The molecule has 0 amide bonds. The Balaban J connectivity index is 1.59. The topological polar surface area (TPSA) is 39.7 Å². The van der Waals surface area contributed by atoms with Gasteiger partial charge in [-0.15, -0.1) is 0 Å². The molecular formula is C17H24F2N4. The van der Waals surface area contributed by atoms with Gasteiger partial charge in [0.15, 0.2) is 5.96 Å². The highest BCUT2D eigenvalue weighted by molar-refractivity contribution is 5.81. The van der Waals surface area contributed by atoms with Gasteiger partial charge in [0.05, 0.1) is 5.69 Å². The van der Waals surface area contributed by atoms with Crippen LogP contribution in [0.15, 0.2) is 23.2 Å². The van der Waals surface area contributed by atoms with Crippen molar-refractivity contribution in [2.45, 2.75) is 38.8 Å². The van der Waals surface area contributed by atoms with Crippen molar-refractivity contribution in [2.24, 2.45) is 10.9 Å². The number of nitrogens with one attached hydrogen (secondary N) is 2. The summed E-state index contributed by atoms with van der Waals surface area (Å²) in [6.07, 6.45) is 2.09. The van der Waals surface area contributed by atoms with Gasteiger partial charge in [-0.3, -0.25) is 4.99 Å². The molecule has 3 unspecified atom stereocenters. The van der Waals surface area contributed by atoms with Crippen LogP contribution in [-0.4, -0.2) is 37.7 Å². The van der Waals surface area contributed by atoms with E-state index in [1.807, 2.05) is 11.8 Å². The highest BCUT2D eigenvalue weighted by atomic mass is 19.1. The average molecular weight is 322 g/mol. The summed E-state index contributed by atoms with van der Waals surface area (Å²) < 4.78 is 26.9. The van der Waals surface area contributed by atoms with Crippen LogP contribution in [-0.2, 0) is 0 Å². The molecular weight excluding hydrogens is 298 g/mol. The maximum absolute atomic E-state index is 13.9. The number of nitrogens with zero attached hydrogens (tertiary/aromatic N) is 2. The fourth-order valence-corrected chi connectivity index (χ4v) is 3.02. The normalized spacial score (nSPS) is 27.2. The van der Waals surface area contributed by atoms with Gasteiger partial charge in [0.2, 0.25) is 0 Å². The van der Waals surface area contributed by atoms with E-state index in [9.17, 15) is 8.78 Å². The van der Waals surface area contributed by atoms with Crippen molar-refractivity contribution in [3.05, 3.63) is 29.8 Å². The van der Waals surface area contributed by atoms with E-state index in [0.717, 1.165) is 31.5 Å². The molecule has 1 aliphatic carbocycles. The zero-order valence-electron chi connectivity index (χ0n) is 13.6. The molecule has 1 heterocycles. The monoisotopic (exact) mass is 322 g/mol. The largest absolute Gasteiger partial charge is 0.367 e. The molecule has 3 atom stereocenters. The van der Waals surface area contributed by atoms with Gasteiger partial charge in [0.1, 0.15) is 11.6 Å². The second-order valence-corrected chi connectivity index (χ2v) is 6.46. The van der Waals surface area contributed by atoms with E-state index < -0.39 is 11.6 Å². The Labute approximate surface area is 136 Å². The van der Waals surface area contributed by atoms with Gasteiger partial charge in [-0.1, -0.05) is 6.92 Å². The van der Waals surface area contributed by atoms with E-state index >= 15 is 0 Å². The lowest BCUT2D eigenvalue weighted by atomic mass is 10.2. The molecule has 0 bridgehead atoms. The Kier molecular flexibility index (Phi) is 4.68. The number of anilines is 1. The fourth-order valence-electron chi connectivity index (χ4n) is 3.02. The SMILES string of the molecule is CCN=C(NC1CCN(c2ccc(F)cc2F)C1)NC1CC1C. The number of aliphatic imine (C=N–C) groups is 1. The molecule has 4 nitrogen and oxygen atoms in total. The molecule has 1 saturated carbocycles. The highest BCUT2D eigenvalue weighted by Crippen LogP contribution is 2.29. The Morgan fingerprint density at radius 2 is 2.13 bits per heavy atom. The Hall–Kier alpha value is -1.85. The molecule has 23 heavy (non-hydrogen) atoms. The minimum absolute atomic E-state index is 0.214. The molecule has 0 aromatic heterocycles. The maximum Gasteiger partial charge on any atom is 0.191 e. The quantitative estimate of drug-likeness (QED) is 0.661. The van der Waals surface area contributed by atoms with Crippen molar-refractivity contribution >= 4 is 11.6 Å². The second kappa shape index (κ2) is 6.72. The van der Waals surface area contributed by atoms with E-state index in [1.54, 1.807) is 0 Å². The molecule has 2 fully saturated rings. The van der Waals surface area contributed by atoms with Gasteiger partial charge in [-0.2, -0.15) is 0 Å². The van der Waals surface area contributed by atoms with Crippen molar-refractivity contribution in [2.75, 3.05) is 24.5 Å². The van der Waals surface area contributed by atoms with Crippen LogP contribution in [0.4, 0.5) is 14.5 Å². The molecule has 1 aromatic rings. The highest BCUT2D eigenvalue weighted by Gasteiger charge is 2.34. The third kappa shape index (κ3) is 3.92. The summed E-state index contributed by atoms with van der Waals surface area (Å²) >= 11 is 0. The molecule has 1 aromatic carbocycles. The number of rotatable bonds is 4. The van der Waals surface area contributed by atoms with Gasteiger partial charge in [0, 0.05) is 37.8 Å². The van der Waals surface area contributed by atoms with Crippen molar-refractivity contribution in [1.82, 2.24) is 10.6 Å². The van der Waals surface area contributed by atoms with Crippen LogP contribution in [0.2, 0.25) is 0 Å². The molecule has 2 N–H and O–H groups in total. The number of guanidine groups is 1. The predicted molar refractivity (Wildman–Crippen MR) is 88.8 cm³/mol. The summed E-state index contributed by atoms with van der Waals surface area (Å²) in [4.78, 5) is 6.44. The van der Waals surface area contributed by atoms with Gasteiger partial charge >= 0.3 is 0 Å². The Morgan fingerprint density at radius 1 is 1.35 bits per heavy atom. The molecule has 6 heteroatoms. The van der Waals surface area contributed by atoms with Crippen LogP contribution < -0.4 is 15.5 Å². The van der Waals surface area contributed by atoms with Crippen molar-refractivity contribution in [3.8, 4) is 0 Å². The number of halogens is 2. The third-order valence-electron chi connectivity index (χ3n) is 4.53. The third-order valence-corrected chi connectivity index (χ3v) is 4.53. The summed E-state index contributed by atoms with van der Waals surface area (Å²) in [5, 5.41) is 6.88. The lowest BCUT2D eigenvalue weighted by Crippen LogP contribution is -2.45. The standard InChI is InChI=1S/C17H24F2N4/c1-3-20-17(22-15-8-11(15)2)21-13-6-7-23(10-13)16-5-4-12(18)9-14(16)19/h4-5,9,11,13,15H,3,6-8,10H2,1-2H3,(H2,20,21,22). The van der Waals surface area contributed by atoms with Gasteiger partial charge in [0.25, 0.3) is 0 Å². The second-order valence-electron chi connectivity index (χ2n) is 6.46. The van der Waals surface area contributed by atoms with Gasteiger partial charge in [-0.25, -0.2) is 8.78 Å². The molecule has 1 saturated heterocycles. The van der Waals surface area contributed by atoms with Crippen LogP contribution >= 0.6 is 0 Å². The first-order chi connectivity index (χ1) is 11.1.